The van der Waals surface area contributed by atoms with Gasteiger partial charge in [-0.1, -0.05) is 0 Å². The lowest BCUT2D eigenvalue weighted by Crippen LogP contribution is -2.45. The molecule has 0 aromatic heterocycles. The number of fused-ring (bicyclic) bond motifs is 1. The number of piperidine rings is 1. The summed E-state index contributed by atoms with van der Waals surface area (Å²) in [5.41, 5.74) is 5.63. The van der Waals surface area contributed by atoms with Crippen LogP contribution in [0.4, 0.5) is 0 Å². The van der Waals surface area contributed by atoms with Crippen LogP contribution in [-0.4, -0.2) is 57.3 Å². The van der Waals surface area contributed by atoms with E-state index in [0.717, 1.165) is 19.3 Å². The van der Waals surface area contributed by atoms with Gasteiger partial charge in [-0.15, -0.1) is 0 Å². The molecule has 1 saturated heterocycles. The molecule has 1 fully saturated rings. The lowest BCUT2D eigenvalue weighted by atomic mass is 9.89. The van der Waals surface area contributed by atoms with E-state index in [1.807, 2.05) is 11.8 Å². The molecule has 7 nitrogen and oxygen atoms in total. The molecule has 1 amide bonds. The fourth-order valence-corrected chi connectivity index (χ4v) is 5.08. The summed E-state index contributed by atoms with van der Waals surface area (Å²) in [6.07, 6.45) is 2.83. The Kier molecular flexibility index (Phi) is 6.26. The van der Waals surface area contributed by atoms with Crippen LogP contribution in [0, 0.1) is 5.92 Å². The first-order valence-electron chi connectivity index (χ1n) is 9.52. The maximum Gasteiger partial charge on any atom is 0.223 e. The Morgan fingerprint density at radius 2 is 2.00 bits per heavy atom. The topological polar surface area (TPSA) is 98.9 Å². The molecule has 3 rings (SSSR count). The number of benzene rings is 1. The van der Waals surface area contributed by atoms with Crippen molar-refractivity contribution in [1.29, 1.82) is 0 Å². The van der Waals surface area contributed by atoms with Gasteiger partial charge in [0.05, 0.1) is 10.6 Å². The van der Waals surface area contributed by atoms with E-state index in [4.69, 9.17) is 15.2 Å². The van der Waals surface area contributed by atoms with Gasteiger partial charge in [-0.25, -0.2) is 8.42 Å². The summed E-state index contributed by atoms with van der Waals surface area (Å²) in [6.45, 7) is 4.21. The zero-order valence-corrected chi connectivity index (χ0v) is 16.5. The summed E-state index contributed by atoms with van der Waals surface area (Å²) >= 11 is 0. The average Bonchev–Trinajstić information content (AvgIpc) is 2.66. The van der Waals surface area contributed by atoms with E-state index in [1.165, 1.54) is 12.1 Å². The first kappa shape index (κ1) is 19.9. The van der Waals surface area contributed by atoms with Gasteiger partial charge >= 0.3 is 0 Å². The number of rotatable bonds is 6. The van der Waals surface area contributed by atoms with Crippen molar-refractivity contribution < 1.29 is 22.7 Å². The summed E-state index contributed by atoms with van der Waals surface area (Å²) < 4.78 is 36.2. The number of sulfone groups is 1. The SMILES string of the molecule is CC1CC(CCN)CCN1C(=O)CCS(=O)(=O)c1ccc2c(c1)OCCO2. The van der Waals surface area contributed by atoms with Crippen LogP contribution in [0.25, 0.3) is 0 Å². The third-order valence-electron chi connectivity index (χ3n) is 5.34. The smallest absolute Gasteiger partial charge is 0.223 e. The molecule has 2 unspecified atom stereocenters. The quantitative estimate of drug-likeness (QED) is 0.784. The zero-order valence-electron chi connectivity index (χ0n) is 15.7. The Morgan fingerprint density at radius 3 is 2.70 bits per heavy atom. The van der Waals surface area contributed by atoms with Crippen LogP contribution in [0.2, 0.25) is 0 Å². The molecule has 2 atom stereocenters. The lowest BCUT2D eigenvalue weighted by molar-refractivity contribution is -0.134. The third kappa shape index (κ3) is 4.73. The number of hydrogen-bond donors (Lipinski definition) is 1. The molecular weight excluding hydrogens is 368 g/mol. The number of nitrogens with zero attached hydrogens (tertiary/aromatic N) is 1. The van der Waals surface area contributed by atoms with Gasteiger partial charge < -0.3 is 20.1 Å². The largest absolute Gasteiger partial charge is 0.486 e. The van der Waals surface area contributed by atoms with E-state index >= 15 is 0 Å². The molecule has 27 heavy (non-hydrogen) atoms. The van der Waals surface area contributed by atoms with Crippen LogP contribution < -0.4 is 15.2 Å². The molecule has 1 aromatic carbocycles. The second-order valence-electron chi connectivity index (χ2n) is 7.28. The number of carbonyl (C=O) groups is 1. The molecule has 150 valence electrons. The number of carbonyl (C=O) groups excluding carboxylic acids is 1. The van der Waals surface area contributed by atoms with E-state index in [2.05, 4.69) is 0 Å². The van der Waals surface area contributed by atoms with Crippen LogP contribution in [0.15, 0.2) is 23.1 Å². The molecule has 2 N–H and O–H groups in total. The number of nitrogens with two attached hydrogens (primary N) is 1. The maximum absolute atomic E-state index is 12.6. The highest BCUT2D eigenvalue weighted by molar-refractivity contribution is 7.91. The minimum absolute atomic E-state index is 0.0112. The minimum atomic E-state index is -3.56. The molecule has 2 aliphatic rings. The molecular formula is C19H28N2O5S. The Hall–Kier alpha value is -1.80. The zero-order chi connectivity index (χ0) is 19.4. The fourth-order valence-electron chi connectivity index (χ4n) is 3.84. The normalized spacial score (nSPS) is 22.5. The van der Waals surface area contributed by atoms with Gasteiger partial charge in [0, 0.05) is 25.1 Å². The van der Waals surface area contributed by atoms with E-state index in [9.17, 15) is 13.2 Å². The number of likely N-dealkylation sites (tertiary alicyclic amines) is 1. The first-order chi connectivity index (χ1) is 12.9. The van der Waals surface area contributed by atoms with Crippen molar-refractivity contribution in [2.45, 2.75) is 43.5 Å². The Balaban J connectivity index is 1.59. The van der Waals surface area contributed by atoms with Crippen molar-refractivity contribution >= 4 is 15.7 Å². The lowest BCUT2D eigenvalue weighted by Gasteiger charge is -2.37. The highest BCUT2D eigenvalue weighted by Crippen LogP contribution is 2.33. The number of ether oxygens (including phenoxy) is 2. The predicted molar refractivity (Wildman–Crippen MR) is 102 cm³/mol. The van der Waals surface area contributed by atoms with Gasteiger partial charge in [0.15, 0.2) is 21.3 Å². The minimum Gasteiger partial charge on any atom is -0.486 e. The number of hydrogen-bond acceptors (Lipinski definition) is 6. The van der Waals surface area contributed by atoms with Crippen LogP contribution in [0.3, 0.4) is 0 Å². The second-order valence-corrected chi connectivity index (χ2v) is 9.39. The van der Waals surface area contributed by atoms with Gasteiger partial charge in [0.25, 0.3) is 0 Å². The van der Waals surface area contributed by atoms with Gasteiger partial charge in [-0.05, 0) is 50.8 Å². The van der Waals surface area contributed by atoms with Crippen LogP contribution in [-0.2, 0) is 14.6 Å². The van der Waals surface area contributed by atoms with Gasteiger partial charge in [0.1, 0.15) is 13.2 Å². The van der Waals surface area contributed by atoms with E-state index < -0.39 is 9.84 Å². The van der Waals surface area contributed by atoms with Crippen LogP contribution in [0.5, 0.6) is 11.5 Å². The summed E-state index contributed by atoms with van der Waals surface area (Å²) in [4.78, 5) is 14.5. The van der Waals surface area contributed by atoms with Crippen LogP contribution >= 0.6 is 0 Å². The molecule has 0 bridgehead atoms. The van der Waals surface area contributed by atoms with Crippen LogP contribution in [0.1, 0.15) is 32.6 Å². The fraction of sp³-hybridized carbons (Fsp3) is 0.632. The van der Waals surface area contributed by atoms with Crippen molar-refractivity contribution in [2.75, 3.05) is 32.1 Å². The standard InChI is InChI=1S/C19H28N2O5S/c1-14-12-15(4-7-20)5-8-21(14)19(22)6-11-27(23,24)16-2-3-17-18(13-16)26-10-9-25-17/h2-3,13-15H,4-12,20H2,1H3. The van der Waals surface area contributed by atoms with Crippen molar-refractivity contribution in [3.63, 3.8) is 0 Å². The van der Waals surface area contributed by atoms with Crippen molar-refractivity contribution in [3.8, 4) is 11.5 Å². The van der Waals surface area contributed by atoms with E-state index in [-0.39, 0.29) is 29.0 Å². The van der Waals surface area contributed by atoms with Crippen molar-refractivity contribution in [2.24, 2.45) is 11.7 Å². The molecule has 8 heteroatoms. The monoisotopic (exact) mass is 396 g/mol. The molecule has 0 saturated carbocycles. The van der Waals surface area contributed by atoms with Gasteiger partial charge in [-0.2, -0.15) is 0 Å². The highest BCUT2D eigenvalue weighted by Gasteiger charge is 2.29. The Morgan fingerprint density at radius 1 is 1.26 bits per heavy atom. The molecule has 1 aromatic rings. The number of amides is 1. The highest BCUT2D eigenvalue weighted by atomic mass is 32.2. The van der Waals surface area contributed by atoms with Gasteiger partial charge in [0.2, 0.25) is 5.91 Å². The van der Waals surface area contributed by atoms with Gasteiger partial charge in [-0.3, -0.25) is 4.79 Å². The first-order valence-corrected chi connectivity index (χ1v) is 11.2. The average molecular weight is 397 g/mol. The molecule has 0 aliphatic carbocycles. The molecule has 0 spiro atoms. The van der Waals surface area contributed by atoms with E-state index in [0.29, 0.717) is 43.7 Å². The molecule has 2 aliphatic heterocycles. The predicted octanol–water partition coefficient (Wildman–Crippen LogP) is 1.60. The second kappa shape index (κ2) is 8.48. The van der Waals surface area contributed by atoms with E-state index in [1.54, 1.807) is 6.07 Å². The third-order valence-corrected chi connectivity index (χ3v) is 7.05. The summed E-state index contributed by atoms with van der Waals surface area (Å²) in [5.74, 6) is 1.22. The molecule has 0 radical (unpaired) electrons. The van der Waals surface area contributed by atoms with Crippen molar-refractivity contribution in [3.05, 3.63) is 18.2 Å². The summed E-state index contributed by atoms with van der Waals surface area (Å²) in [6, 6.07) is 4.72. The Labute approximate surface area is 160 Å². The molecule has 2 heterocycles. The maximum atomic E-state index is 12.6. The Bertz CT molecular complexity index is 780. The summed E-state index contributed by atoms with van der Waals surface area (Å²) in [7, 11) is -3.56. The summed E-state index contributed by atoms with van der Waals surface area (Å²) in [5, 5.41) is 0. The van der Waals surface area contributed by atoms with Crippen molar-refractivity contribution in [1.82, 2.24) is 4.90 Å².